The van der Waals surface area contributed by atoms with Gasteiger partial charge in [-0.1, -0.05) is 12.1 Å². The van der Waals surface area contributed by atoms with Gasteiger partial charge in [-0.2, -0.15) is 5.10 Å². The fourth-order valence-corrected chi connectivity index (χ4v) is 4.35. The molecule has 1 aliphatic rings. The number of fused-ring (bicyclic) bond motifs is 1. The predicted octanol–water partition coefficient (Wildman–Crippen LogP) is 2.23. The summed E-state index contributed by atoms with van der Waals surface area (Å²) in [5.74, 6) is 0.158. The van der Waals surface area contributed by atoms with E-state index in [0.29, 0.717) is 31.7 Å². The minimum absolute atomic E-state index is 0.119. The van der Waals surface area contributed by atoms with Gasteiger partial charge in [0.25, 0.3) is 0 Å². The molecule has 1 saturated heterocycles. The van der Waals surface area contributed by atoms with Crippen LogP contribution in [0.5, 0.6) is 0 Å². The van der Waals surface area contributed by atoms with E-state index in [1.165, 1.54) is 10.6 Å². The summed E-state index contributed by atoms with van der Waals surface area (Å²) in [7, 11) is -3.20. The maximum atomic E-state index is 12.6. The number of anilines is 1. The van der Waals surface area contributed by atoms with Crippen molar-refractivity contribution < 1.29 is 13.2 Å². The summed E-state index contributed by atoms with van der Waals surface area (Å²) in [4.78, 5) is 16.9. The fraction of sp³-hybridized carbons (Fsp3) is 0.316. The van der Waals surface area contributed by atoms with E-state index in [4.69, 9.17) is 0 Å². The van der Waals surface area contributed by atoms with Crippen LogP contribution in [0.2, 0.25) is 0 Å². The number of piperidine rings is 1. The van der Waals surface area contributed by atoms with Gasteiger partial charge < -0.3 is 5.32 Å². The molecule has 3 aromatic rings. The van der Waals surface area contributed by atoms with Crippen LogP contribution in [0, 0.1) is 5.92 Å². The van der Waals surface area contributed by atoms with E-state index < -0.39 is 10.0 Å². The van der Waals surface area contributed by atoms with E-state index in [2.05, 4.69) is 20.5 Å². The molecule has 0 bridgehead atoms. The molecular weight excluding hydrogens is 378 g/mol. The number of H-pyrrole nitrogens is 1. The number of carbonyl (C=O) groups excluding carboxylic acids is 1. The van der Waals surface area contributed by atoms with E-state index in [1.807, 2.05) is 30.5 Å². The number of aromatic amines is 1. The number of nitrogens with zero attached hydrogens (tertiary/aromatic N) is 3. The lowest BCUT2D eigenvalue weighted by molar-refractivity contribution is -0.120. The SMILES string of the molecule is CS(=O)(=O)N1CCC(C(=O)Nc2cc3cc(-c4cn[nH]c4)ccc3cn2)CC1. The maximum Gasteiger partial charge on any atom is 0.228 e. The van der Waals surface area contributed by atoms with Gasteiger partial charge in [0.05, 0.1) is 12.5 Å². The highest BCUT2D eigenvalue weighted by molar-refractivity contribution is 7.88. The van der Waals surface area contributed by atoms with Crippen molar-refractivity contribution in [1.29, 1.82) is 0 Å². The zero-order valence-electron chi connectivity index (χ0n) is 15.4. The van der Waals surface area contributed by atoms with Crippen LogP contribution in [-0.2, 0) is 14.8 Å². The lowest BCUT2D eigenvalue weighted by Crippen LogP contribution is -2.40. The summed E-state index contributed by atoms with van der Waals surface area (Å²) in [6, 6.07) is 7.87. The number of benzene rings is 1. The van der Waals surface area contributed by atoms with E-state index in [0.717, 1.165) is 21.9 Å². The fourth-order valence-electron chi connectivity index (χ4n) is 3.48. The first-order valence-corrected chi connectivity index (χ1v) is 10.9. The number of amides is 1. The third kappa shape index (κ3) is 3.90. The Morgan fingerprint density at radius 3 is 2.61 bits per heavy atom. The summed E-state index contributed by atoms with van der Waals surface area (Å²) in [6.45, 7) is 0.742. The van der Waals surface area contributed by atoms with Gasteiger partial charge in [0.1, 0.15) is 5.82 Å². The van der Waals surface area contributed by atoms with Crippen LogP contribution >= 0.6 is 0 Å². The molecule has 0 spiro atoms. The smallest absolute Gasteiger partial charge is 0.228 e. The van der Waals surface area contributed by atoms with Crippen molar-refractivity contribution in [3.63, 3.8) is 0 Å². The normalized spacial score (nSPS) is 16.3. The third-order valence-corrected chi connectivity index (χ3v) is 6.40. The van der Waals surface area contributed by atoms with Crippen molar-refractivity contribution in [2.75, 3.05) is 24.7 Å². The minimum atomic E-state index is -3.20. The average Bonchev–Trinajstić information content (AvgIpc) is 3.21. The van der Waals surface area contributed by atoms with Crippen molar-refractivity contribution in [2.45, 2.75) is 12.8 Å². The van der Waals surface area contributed by atoms with Crippen molar-refractivity contribution >= 4 is 32.5 Å². The molecule has 4 rings (SSSR count). The highest BCUT2D eigenvalue weighted by Crippen LogP contribution is 2.26. The number of sulfonamides is 1. The van der Waals surface area contributed by atoms with Crippen LogP contribution in [0.1, 0.15) is 12.8 Å². The molecule has 1 aromatic carbocycles. The Hall–Kier alpha value is -2.78. The van der Waals surface area contributed by atoms with Crippen LogP contribution in [0.15, 0.2) is 42.9 Å². The first-order valence-electron chi connectivity index (χ1n) is 9.05. The Balaban J connectivity index is 1.48. The highest BCUT2D eigenvalue weighted by Gasteiger charge is 2.29. The summed E-state index contributed by atoms with van der Waals surface area (Å²) in [6.07, 6.45) is 7.54. The van der Waals surface area contributed by atoms with Crippen molar-refractivity contribution in [3.8, 4) is 11.1 Å². The van der Waals surface area contributed by atoms with Crippen molar-refractivity contribution in [1.82, 2.24) is 19.5 Å². The average molecular weight is 399 g/mol. The number of nitrogens with one attached hydrogen (secondary N) is 2. The number of hydrogen-bond donors (Lipinski definition) is 2. The van der Waals surface area contributed by atoms with Crippen LogP contribution in [0.3, 0.4) is 0 Å². The third-order valence-electron chi connectivity index (χ3n) is 5.10. The summed E-state index contributed by atoms with van der Waals surface area (Å²) < 4.78 is 24.6. The molecule has 0 unspecified atom stereocenters. The minimum Gasteiger partial charge on any atom is -0.310 e. The zero-order valence-corrected chi connectivity index (χ0v) is 16.2. The number of aromatic nitrogens is 3. The van der Waals surface area contributed by atoms with E-state index in [1.54, 1.807) is 12.4 Å². The largest absolute Gasteiger partial charge is 0.310 e. The topological polar surface area (TPSA) is 108 Å². The molecular formula is C19H21N5O3S. The Labute approximate surface area is 163 Å². The summed E-state index contributed by atoms with van der Waals surface area (Å²) in [5, 5.41) is 11.6. The van der Waals surface area contributed by atoms with Gasteiger partial charge in [-0.25, -0.2) is 17.7 Å². The Kier molecular flexibility index (Phi) is 4.86. The number of carbonyl (C=O) groups is 1. The van der Waals surface area contributed by atoms with Gasteiger partial charge >= 0.3 is 0 Å². The molecule has 1 aliphatic heterocycles. The van der Waals surface area contributed by atoms with Gasteiger partial charge in [-0.15, -0.1) is 0 Å². The standard InChI is InChI=1S/C19H21N5O3S/c1-28(26,27)24-6-4-13(5-7-24)19(25)23-18-9-16-8-14(17-11-21-22-12-17)2-3-15(16)10-20-18/h2-3,8-13H,4-7H2,1H3,(H,21,22)(H,20,23,25). The van der Waals surface area contributed by atoms with Gasteiger partial charge in [-0.05, 0) is 35.9 Å². The summed E-state index contributed by atoms with van der Waals surface area (Å²) >= 11 is 0. The summed E-state index contributed by atoms with van der Waals surface area (Å²) in [5.41, 5.74) is 2.01. The van der Waals surface area contributed by atoms with Crippen molar-refractivity contribution in [2.24, 2.45) is 5.92 Å². The van der Waals surface area contributed by atoms with Crippen LogP contribution in [0.4, 0.5) is 5.82 Å². The molecule has 2 aromatic heterocycles. The van der Waals surface area contributed by atoms with Crippen LogP contribution in [-0.4, -0.2) is 53.2 Å². The molecule has 0 aliphatic carbocycles. The Bertz CT molecular complexity index is 1100. The number of pyridine rings is 1. The molecule has 0 radical (unpaired) electrons. The van der Waals surface area contributed by atoms with Gasteiger partial charge in [0.15, 0.2) is 0 Å². The molecule has 2 N–H and O–H groups in total. The monoisotopic (exact) mass is 399 g/mol. The van der Waals surface area contributed by atoms with Crippen LogP contribution in [0.25, 0.3) is 21.9 Å². The van der Waals surface area contributed by atoms with Gasteiger partial charge in [0.2, 0.25) is 15.9 Å². The van der Waals surface area contributed by atoms with E-state index in [9.17, 15) is 13.2 Å². The molecule has 8 nitrogen and oxygen atoms in total. The lowest BCUT2D eigenvalue weighted by atomic mass is 9.97. The molecule has 9 heteroatoms. The Morgan fingerprint density at radius 1 is 1.14 bits per heavy atom. The second-order valence-electron chi connectivity index (χ2n) is 7.04. The first kappa shape index (κ1) is 18.6. The molecule has 0 saturated carbocycles. The van der Waals surface area contributed by atoms with Crippen LogP contribution < -0.4 is 5.32 Å². The van der Waals surface area contributed by atoms with E-state index in [-0.39, 0.29) is 11.8 Å². The molecule has 146 valence electrons. The van der Waals surface area contributed by atoms with E-state index >= 15 is 0 Å². The molecule has 0 atom stereocenters. The van der Waals surface area contributed by atoms with Crippen molar-refractivity contribution in [3.05, 3.63) is 42.9 Å². The highest BCUT2D eigenvalue weighted by atomic mass is 32.2. The zero-order chi connectivity index (χ0) is 19.7. The second-order valence-corrected chi connectivity index (χ2v) is 9.03. The van der Waals surface area contributed by atoms with Gasteiger partial charge in [-0.3, -0.25) is 9.89 Å². The Morgan fingerprint density at radius 2 is 1.93 bits per heavy atom. The first-order chi connectivity index (χ1) is 13.4. The second kappa shape index (κ2) is 7.33. The molecule has 1 amide bonds. The molecule has 1 fully saturated rings. The molecule has 28 heavy (non-hydrogen) atoms. The maximum absolute atomic E-state index is 12.6. The van der Waals surface area contributed by atoms with Gasteiger partial charge in [0, 0.05) is 42.4 Å². The lowest BCUT2D eigenvalue weighted by Gasteiger charge is -2.29. The number of rotatable bonds is 4. The quantitative estimate of drug-likeness (QED) is 0.699. The number of hydrogen-bond acceptors (Lipinski definition) is 5. The predicted molar refractivity (Wildman–Crippen MR) is 107 cm³/mol. The molecule has 3 heterocycles.